The fourth-order valence-corrected chi connectivity index (χ4v) is 3.12. The van der Waals surface area contributed by atoms with Crippen LogP contribution in [0.25, 0.3) is 21.9 Å². The first kappa shape index (κ1) is 22.5. The van der Waals surface area contributed by atoms with Crippen LogP contribution in [0.3, 0.4) is 0 Å². The van der Waals surface area contributed by atoms with Gasteiger partial charge < -0.3 is 29.9 Å². The monoisotopic (exact) mass is 443 g/mol. The summed E-state index contributed by atoms with van der Waals surface area (Å²) in [4.78, 5) is 58.2. The number of hydrogen-bond donors (Lipinski definition) is 4. The number of aliphatic carboxylic acids is 1. The molecule has 2 aromatic heterocycles. The van der Waals surface area contributed by atoms with Gasteiger partial charge in [0.2, 0.25) is 17.7 Å². The Hall–Kier alpha value is -4.15. The number of carbonyl (C=O) groups is 4. The van der Waals surface area contributed by atoms with Crippen molar-refractivity contribution in [2.75, 3.05) is 19.6 Å². The SMILES string of the molecule is Cc1coc2cc3oc(=O)c(CC(=O)NCC(=O)NCC(=O)NCC(=O)O)c(C)c3cc12. The summed E-state index contributed by atoms with van der Waals surface area (Å²) in [6.07, 6.45) is 1.31. The summed E-state index contributed by atoms with van der Waals surface area (Å²) in [5.41, 5.74) is 1.96. The van der Waals surface area contributed by atoms with Crippen LogP contribution in [0, 0.1) is 13.8 Å². The Labute approximate surface area is 180 Å². The molecule has 3 rings (SSSR count). The summed E-state index contributed by atoms with van der Waals surface area (Å²) in [7, 11) is 0. The lowest BCUT2D eigenvalue weighted by molar-refractivity contribution is -0.137. The third-order valence-electron chi connectivity index (χ3n) is 4.84. The molecule has 11 nitrogen and oxygen atoms in total. The summed E-state index contributed by atoms with van der Waals surface area (Å²) < 4.78 is 10.8. The van der Waals surface area contributed by atoms with Crippen LogP contribution in [0.5, 0.6) is 0 Å². The number of benzene rings is 1. The van der Waals surface area contributed by atoms with E-state index in [1.807, 2.05) is 13.0 Å². The van der Waals surface area contributed by atoms with Gasteiger partial charge in [0.15, 0.2) is 0 Å². The molecule has 11 heteroatoms. The molecule has 32 heavy (non-hydrogen) atoms. The van der Waals surface area contributed by atoms with Crippen molar-refractivity contribution in [1.29, 1.82) is 0 Å². The van der Waals surface area contributed by atoms with Crippen LogP contribution in [0.2, 0.25) is 0 Å². The van der Waals surface area contributed by atoms with E-state index in [1.54, 1.807) is 19.3 Å². The van der Waals surface area contributed by atoms with E-state index in [2.05, 4.69) is 16.0 Å². The minimum Gasteiger partial charge on any atom is -0.480 e. The fraction of sp³-hybridized carbons (Fsp3) is 0.286. The zero-order chi connectivity index (χ0) is 23.4. The van der Waals surface area contributed by atoms with Gasteiger partial charge in [0.1, 0.15) is 17.7 Å². The van der Waals surface area contributed by atoms with Gasteiger partial charge in [-0.3, -0.25) is 19.2 Å². The van der Waals surface area contributed by atoms with Gasteiger partial charge in [-0.05, 0) is 31.0 Å². The number of furan rings is 1. The minimum atomic E-state index is -1.21. The molecule has 1 aromatic carbocycles. The maximum Gasteiger partial charge on any atom is 0.340 e. The molecule has 0 spiro atoms. The minimum absolute atomic E-state index is 0.170. The first-order valence-corrected chi connectivity index (χ1v) is 9.61. The highest BCUT2D eigenvalue weighted by atomic mass is 16.4. The second-order valence-electron chi connectivity index (χ2n) is 7.16. The summed E-state index contributed by atoms with van der Waals surface area (Å²) in [5, 5.41) is 16.7. The number of nitrogens with one attached hydrogen (secondary N) is 3. The molecular formula is C21H21N3O8. The van der Waals surface area contributed by atoms with E-state index >= 15 is 0 Å². The highest BCUT2D eigenvalue weighted by Crippen LogP contribution is 2.28. The fourth-order valence-electron chi connectivity index (χ4n) is 3.12. The van der Waals surface area contributed by atoms with Crippen LogP contribution in [-0.4, -0.2) is 48.4 Å². The molecular weight excluding hydrogens is 422 g/mol. The molecule has 0 fully saturated rings. The largest absolute Gasteiger partial charge is 0.480 e. The van der Waals surface area contributed by atoms with Gasteiger partial charge in [-0.1, -0.05) is 0 Å². The highest BCUT2D eigenvalue weighted by molar-refractivity contribution is 5.97. The van der Waals surface area contributed by atoms with Gasteiger partial charge in [-0.25, -0.2) is 4.79 Å². The van der Waals surface area contributed by atoms with Crippen molar-refractivity contribution in [2.45, 2.75) is 20.3 Å². The summed E-state index contributed by atoms with van der Waals surface area (Å²) in [6.45, 7) is 2.19. The molecule has 0 bridgehead atoms. The van der Waals surface area contributed by atoms with E-state index in [9.17, 15) is 24.0 Å². The predicted octanol–water partition coefficient (Wildman–Crippen LogP) is 0.132. The Kier molecular flexibility index (Phi) is 6.57. The third-order valence-corrected chi connectivity index (χ3v) is 4.84. The molecule has 3 aromatic rings. The third kappa shape index (κ3) is 5.12. The Morgan fingerprint density at radius 2 is 1.50 bits per heavy atom. The highest BCUT2D eigenvalue weighted by Gasteiger charge is 2.17. The molecule has 0 aliphatic carbocycles. The molecule has 2 heterocycles. The van der Waals surface area contributed by atoms with Gasteiger partial charge in [0.25, 0.3) is 0 Å². The van der Waals surface area contributed by atoms with Crippen LogP contribution >= 0.6 is 0 Å². The van der Waals surface area contributed by atoms with E-state index in [1.165, 1.54) is 0 Å². The Morgan fingerprint density at radius 3 is 2.16 bits per heavy atom. The number of fused-ring (bicyclic) bond motifs is 2. The average molecular weight is 443 g/mol. The van der Waals surface area contributed by atoms with Gasteiger partial charge in [-0.2, -0.15) is 0 Å². The number of carboxylic acids is 1. The number of aryl methyl sites for hydroxylation is 2. The van der Waals surface area contributed by atoms with E-state index in [4.69, 9.17) is 13.9 Å². The van der Waals surface area contributed by atoms with Crippen molar-refractivity contribution in [3.8, 4) is 0 Å². The van der Waals surface area contributed by atoms with Gasteiger partial charge in [0, 0.05) is 16.8 Å². The molecule has 0 radical (unpaired) electrons. The number of amides is 3. The predicted molar refractivity (Wildman–Crippen MR) is 112 cm³/mol. The second kappa shape index (κ2) is 9.33. The van der Waals surface area contributed by atoms with Crippen molar-refractivity contribution in [2.24, 2.45) is 0 Å². The van der Waals surface area contributed by atoms with Crippen molar-refractivity contribution < 1.29 is 33.1 Å². The Balaban J connectivity index is 1.62. The Bertz CT molecular complexity index is 1290. The topological polar surface area (TPSA) is 168 Å². The standard InChI is InChI=1S/C21H21N3O8/c1-10-9-31-15-5-16-13(3-12(10)15)11(2)14(21(30)32-16)4-17(25)22-6-18(26)23-7-19(27)24-8-20(28)29/h3,5,9H,4,6-8H2,1-2H3,(H,22,25)(H,23,26)(H,24,27)(H,28,29). The van der Waals surface area contributed by atoms with E-state index < -0.39 is 49.0 Å². The summed E-state index contributed by atoms with van der Waals surface area (Å²) in [5.74, 6) is -3.12. The number of carbonyl (C=O) groups excluding carboxylic acids is 3. The van der Waals surface area contributed by atoms with Crippen LogP contribution in [0.1, 0.15) is 16.7 Å². The van der Waals surface area contributed by atoms with E-state index in [0.717, 1.165) is 10.9 Å². The average Bonchev–Trinajstić information content (AvgIpc) is 3.10. The quantitative estimate of drug-likeness (QED) is 0.356. The molecule has 168 valence electrons. The zero-order valence-corrected chi connectivity index (χ0v) is 17.4. The lowest BCUT2D eigenvalue weighted by atomic mass is 10.0. The maximum absolute atomic E-state index is 12.4. The van der Waals surface area contributed by atoms with Crippen molar-refractivity contribution in [3.63, 3.8) is 0 Å². The number of rotatable bonds is 8. The summed E-state index contributed by atoms with van der Waals surface area (Å²) >= 11 is 0. The first-order chi connectivity index (χ1) is 15.2. The second-order valence-corrected chi connectivity index (χ2v) is 7.16. The maximum atomic E-state index is 12.4. The molecule has 0 aliphatic rings. The smallest absolute Gasteiger partial charge is 0.340 e. The molecule has 0 saturated heterocycles. The molecule has 0 aliphatic heterocycles. The number of hydrogen-bond acceptors (Lipinski definition) is 7. The summed E-state index contributed by atoms with van der Waals surface area (Å²) in [6, 6.07) is 3.47. The molecule has 3 amide bonds. The van der Waals surface area contributed by atoms with Crippen molar-refractivity contribution in [3.05, 3.63) is 45.5 Å². The molecule has 0 saturated carbocycles. The lowest BCUT2D eigenvalue weighted by Crippen LogP contribution is -2.43. The van der Waals surface area contributed by atoms with Crippen LogP contribution in [0.4, 0.5) is 0 Å². The van der Waals surface area contributed by atoms with E-state index in [0.29, 0.717) is 22.1 Å². The Morgan fingerprint density at radius 1 is 0.875 bits per heavy atom. The van der Waals surface area contributed by atoms with E-state index in [-0.39, 0.29) is 12.0 Å². The van der Waals surface area contributed by atoms with Gasteiger partial charge >= 0.3 is 11.6 Å². The normalized spacial score (nSPS) is 10.8. The first-order valence-electron chi connectivity index (χ1n) is 9.61. The zero-order valence-electron chi connectivity index (χ0n) is 17.4. The van der Waals surface area contributed by atoms with Gasteiger partial charge in [0.05, 0.1) is 31.3 Å². The molecule has 0 atom stereocenters. The molecule has 0 unspecified atom stereocenters. The van der Waals surface area contributed by atoms with Crippen molar-refractivity contribution in [1.82, 2.24) is 16.0 Å². The molecule has 4 N–H and O–H groups in total. The van der Waals surface area contributed by atoms with Crippen LogP contribution in [0.15, 0.2) is 32.0 Å². The van der Waals surface area contributed by atoms with Crippen LogP contribution < -0.4 is 21.6 Å². The van der Waals surface area contributed by atoms with Crippen LogP contribution in [-0.2, 0) is 25.6 Å². The van der Waals surface area contributed by atoms with Gasteiger partial charge in [-0.15, -0.1) is 0 Å². The lowest BCUT2D eigenvalue weighted by Gasteiger charge is -2.09. The van der Waals surface area contributed by atoms with Crippen molar-refractivity contribution >= 4 is 45.6 Å². The number of carboxylic acid groups (broad SMARTS) is 1.